The van der Waals surface area contributed by atoms with Crippen LogP contribution in [0.1, 0.15) is 173 Å². The number of rotatable bonds is 15. The van der Waals surface area contributed by atoms with Gasteiger partial charge in [-0.15, -0.1) is 0 Å². The summed E-state index contributed by atoms with van der Waals surface area (Å²) in [6.07, 6.45) is 20.5. The van der Waals surface area contributed by atoms with Crippen molar-refractivity contribution >= 4 is 54.5 Å². The van der Waals surface area contributed by atoms with Crippen LogP contribution in [0.15, 0.2) is 244 Å². The summed E-state index contributed by atoms with van der Waals surface area (Å²) in [6, 6.07) is 74.2. The van der Waals surface area contributed by atoms with Gasteiger partial charge in [-0.2, -0.15) is 0 Å². The molecule has 10 aromatic carbocycles. The van der Waals surface area contributed by atoms with Gasteiger partial charge in [0.2, 0.25) is 0 Å². The number of hydrogen-bond donors (Lipinski definition) is 0. The molecule has 1 saturated carbocycles. The topological polar surface area (TPSA) is 83.8 Å². The van der Waals surface area contributed by atoms with E-state index in [4.69, 9.17) is 4.98 Å². The van der Waals surface area contributed by atoms with Crippen molar-refractivity contribution in [3.63, 3.8) is 0 Å². The first-order valence-electron chi connectivity index (χ1n) is 39.7. The summed E-state index contributed by atoms with van der Waals surface area (Å²) in [4.78, 5) is 23.1. The molecule has 0 unspecified atom stereocenters. The zero-order valence-corrected chi connectivity index (χ0v) is 67.6. The highest BCUT2D eigenvalue weighted by Gasteiger charge is 2.26. The van der Waals surface area contributed by atoms with E-state index in [-0.39, 0.29) is 5.82 Å². The lowest BCUT2D eigenvalue weighted by Gasteiger charge is -2.25. The van der Waals surface area contributed by atoms with Gasteiger partial charge in [-0.05, 0) is 252 Å². The summed E-state index contributed by atoms with van der Waals surface area (Å²) in [7, 11) is 10.3. The summed E-state index contributed by atoms with van der Waals surface area (Å²) in [5, 5.41) is 6.05. The van der Waals surface area contributed by atoms with Crippen molar-refractivity contribution in [2.75, 3.05) is 0 Å². The normalized spacial score (nSPS) is 12.0. The fraction of sp³-hybridized carbons (Fsp3) is 0.293. The van der Waals surface area contributed by atoms with Crippen molar-refractivity contribution in [1.82, 2.24) is 24.9 Å². The molecule has 10 nitrogen and oxygen atoms in total. The Morgan fingerprint density at radius 2 is 0.691 bits per heavy atom. The van der Waals surface area contributed by atoms with Crippen LogP contribution in [0.25, 0.3) is 111 Å². The van der Waals surface area contributed by atoms with Gasteiger partial charge >= 0.3 is 0 Å². The third-order valence-electron chi connectivity index (χ3n) is 22.9. The molecule has 558 valence electrons. The Kier molecular flexibility index (Phi) is 25.6. The molecular formula is C99H110FN10+5. The van der Waals surface area contributed by atoms with Gasteiger partial charge in [0.1, 0.15) is 34.3 Å². The zero-order valence-electron chi connectivity index (χ0n) is 67.6. The SMILES string of the molecule is CCC(CC)c1ccc2c(-c3ccccc3C)[n+](C)cnc2c1.CCC(CC)c1ccc2nc[n+](C)c(-c3ccccc3C)c2c1.CCC(CC)c1cccc2c(-c3ccccc3C)[n+](C)cnc12.Cc1cc(F)ccc1-c1c2ccccc2nc[n+]1C.Cc1ccccc1-c1c2cc(C3CCC3)ccc2nc[n+]1C. The molecule has 0 bridgehead atoms. The van der Waals surface area contributed by atoms with Gasteiger partial charge in [-0.3, -0.25) is 0 Å². The van der Waals surface area contributed by atoms with Crippen LogP contribution in [0.4, 0.5) is 4.39 Å². The van der Waals surface area contributed by atoms with E-state index < -0.39 is 0 Å². The fourth-order valence-corrected chi connectivity index (χ4v) is 16.2. The molecule has 1 aliphatic carbocycles. The molecule has 0 saturated heterocycles. The summed E-state index contributed by atoms with van der Waals surface area (Å²) < 4.78 is 23.8. The Hall–Kier alpha value is -11.2. The summed E-state index contributed by atoms with van der Waals surface area (Å²) in [5.74, 6) is 2.36. The van der Waals surface area contributed by atoms with Crippen LogP contribution in [0.3, 0.4) is 0 Å². The van der Waals surface area contributed by atoms with Crippen LogP contribution >= 0.6 is 0 Å². The number of aromatic nitrogens is 10. The second-order valence-corrected chi connectivity index (χ2v) is 30.0. The lowest BCUT2D eigenvalue weighted by atomic mass is 9.79. The van der Waals surface area contributed by atoms with Gasteiger partial charge < -0.3 is 0 Å². The van der Waals surface area contributed by atoms with Crippen molar-refractivity contribution < 1.29 is 27.2 Å². The van der Waals surface area contributed by atoms with Gasteiger partial charge in [0.05, 0.1) is 62.2 Å². The minimum absolute atomic E-state index is 0.206. The Bertz CT molecular complexity index is 5690. The number of aryl methyl sites for hydroxylation is 10. The molecule has 110 heavy (non-hydrogen) atoms. The first-order valence-corrected chi connectivity index (χ1v) is 39.7. The Morgan fingerprint density at radius 1 is 0.318 bits per heavy atom. The second-order valence-electron chi connectivity index (χ2n) is 30.0. The van der Waals surface area contributed by atoms with E-state index in [1.165, 1.54) is 162 Å². The van der Waals surface area contributed by atoms with Crippen LogP contribution in [0.5, 0.6) is 0 Å². The Balaban J connectivity index is 0.000000128. The average molecular weight is 1460 g/mol. The van der Waals surface area contributed by atoms with E-state index in [1.54, 1.807) is 12.4 Å². The van der Waals surface area contributed by atoms with E-state index in [0.717, 1.165) is 68.6 Å². The molecule has 0 N–H and O–H groups in total. The summed E-state index contributed by atoms with van der Waals surface area (Å²) in [6.45, 7) is 24.2. The van der Waals surface area contributed by atoms with Gasteiger partial charge in [0.25, 0.3) is 31.6 Å². The molecule has 11 heteroatoms. The van der Waals surface area contributed by atoms with Crippen LogP contribution < -0.4 is 22.8 Å². The fourth-order valence-electron chi connectivity index (χ4n) is 16.2. The number of para-hydroxylation sites is 2. The molecule has 5 aromatic heterocycles. The Morgan fingerprint density at radius 3 is 1.15 bits per heavy atom. The lowest BCUT2D eigenvalue weighted by Crippen LogP contribution is -2.32. The molecule has 1 aliphatic rings. The second kappa shape index (κ2) is 35.9. The van der Waals surface area contributed by atoms with Crippen LogP contribution in [0, 0.1) is 40.4 Å². The van der Waals surface area contributed by atoms with Gasteiger partial charge in [-0.1, -0.05) is 187 Å². The molecule has 0 atom stereocenters. The average Bonchev–Trinajstić information content (AvgIpc) is 0.791. The molecule has 0 spiro atoms. The molecular weight excluding hydrogens is 1350 g/mol. The monoisotopic (exact) mass is 1460 g/mol. The molecule has 0 amide bonds. The summed E-state index contributed by atoms with van der Waals surface area (Å²) >= 11 is 0. The number of nitrogens with zero attached hydrogens (tertiary/aromatic N) is 10. The highest BCUT2D eigenvalue weighted by atomic mass is 19.1. The van der Waals surface area contributed by atoms with Crippen molar-refractivity contribution in [1.29, 1.82) is 0 Å². The van der Waals surface area contributed by atoms with Gasteiger partial charge in [0, 0.05) is 33.4 Å². The number of fused-ring (bicyclic) bond motifs is 5. The molecule has 0 aliphatic heterocycles. The first-order chi connectivity index (χ1) is 53.4. The Labute approximate surface area is 651 Å². The molecule has 0 radical (unpaired) electrons. The molecule has 5 heterocycles. The van der Waals surface area contributed by atoms with Gasteiger partial charge in [-0.25, -0.2) is 27.2 Å². The summed E-state index contributed by atoms with van der Waals surface area (Å²) in [5.41, 5.74) is 29.3. The van der Waals surface area contributed by atoms with E-state index in [2.05, 4.69) is 305 Å². The third kappa shape index (κ3) is 17.0. The van der Waals surface area contributed by atoms with Crippen LogP contribution in [-0.4, -0.2) is 24.9 Å². The van der Waals surface area contributed by atoms with Crippen molar-refractivity contribution in [2.45, 2.75) is 158 Å². The minimum atomic E-state index is -0.206. The number of halogens is 1. The maximum atomic E-state index is 13.3. The van der Waals surface area contributed by atoms with E-state index in [1.807, 2.05) is 74.2 Å². The van der Waals surface area contributed by atoms with Gasteiger partial charge in [0.15, 0.2) is 27.6 Å². The first kappa shape index (κ1) is 78.4. The minimum Gasteiger partial charge on any atom is -0.232 e. The van der Waals surface area contributed by atoms with E-state index in [0.29, 0.717) is 17.8 Å². The van der Waals surface area contributed by atoms with E-state index >= 15 is 0 Å². The number of hydrogen-bond acceptors (Lipinski definition) is 5. The number of benzene rings is 10. The van der Waals surface area contributed by atoms with Crippen LogP contribution in [0.2, 0.25) is 0 Å². The van der Waals surface area contributed by atoms with E-state index in [9.17, 15) is 4.39 Å². The molecule has 1 fully saturated rings. The standard InChI is InChI=1S/3C21H25N2.C20H21N2.C16H14FN2/c1-5-16(6-2)18-12-9-13-19-20(18)22-14-23(4)21(19)17-11-8-7-10-15(17)3;1-5-16(6-2)17-11-12-20-19(13-17)21(23(4)14-22-20)18-10-8-7-9-15(18)3;1-5-16(6-2)17-11-12-19-20(13-17)22-14-23(4)21(19)18-10-8-7-9-15(18)3;1-14-6-3-4-9-17(14)20-18-12-16(15-7-5-8-15)10-11-19(18)21-13-22(20)2;1-11-9-12(17)7-8-13(11)16-14-5-3-4-6-15(14)18-10-19(16)2/h3*7-14,16H,5-6H2,1-4H3;3-4,6,9-13,15H,5,7-8H2,1-2H3;3-10H,1-2H3/q5*+1. The smallest absolute Gasteiger partial charge is 0.232 e. The molecule has 15 aromatic rings. The zero-order chi connectivity index (χ0) is 77.7. The maximum Gasteiger partial charge on any atom is 0.287 e. The van der Waals surface area contributed by atoms with Crippen molar-refractivity contribution in [3.8, 4) is 56.3 Å². The maximum absolute atomic E-state index is 13.3. The predicted molar refractivity (Wildman–Crippen MR) is 452 cm³/mol. The van der Waals surface area contributed by atoms with Crippen molar-refractivity contribution in [3.05, 3.63) is 300 Å². The molecule has 16 rings (SSSR count). The third-order valence-corrected chi connectivity index (χ3v) is 22.9. The highest BCUT2D eigenvalue weighted by molar-refractivity contribution is 5.96. The quantitative estimate of drug-likeness (QED) is 0.0955. The highest BCUT2D eigenvalue weighted by Crippen LogP contribution is 2.40. The lowest BCUT2D eigenvalue weighted by molar-refractivity contribution is -0.662. The predicted octanol–water partition coefficient (Wildman–Crippen LogP) is 22.3. The van der Waals surface area contributed by atoms with Crippen molar-refractivity contribution in [2.24, 2.45) is 35.2 Å². The van der Waals surface area contributed by atoms with Crippen LogP contribution in [-0.2, 0) is 35.2 Å². The largest absolute Gasteiger partial charge is 0.287 e.